The van der Waals surface area contributed by atoms with Crippen LogP contribution in [0.25, 0.3) is 0 Å². The number of anilines is 2. The Morgan fingerprint density at radius 2 is 1.87 bits per heavy atom. The molecule has 0 saturated heterocycles. The van der Waals surface area contributed by atoms with Gasteiger partial charge < -0.3 is 14.8 Å². The minimum absolute atomic E-state index is 0.0136. The normalized spacial score (nSPS) is 12.1. The lowest BCUT2D eigenvalue weighted by molar-refractivity contribution is -0.119. The highest BCUT2D eigenvalue weighted by Gasteiger charge is 2.19. The van der Waals surface area contributed by atoms with Gasteiger partial charge in [-0.3, -0.25) is 14.2 Å². The van der Waals surface area contributed by atoms with E-state index in [0.717, 1.165) is 4.47 Å². The molecule has 0 radical (unpaired) electrons. The van der Waals surface area contributed by atoms with E-state index >= 15 is 0 Å². The number of methoxy groups -OCH3 is 2. The summed E-state index contributed by atoms with van der Waals surface area (Å²) in [6.07, 6.45) is 3.27. The van der Waals surface area contributed by atoms with Crippen molar-refractivity contribution < 1.29 is 22.7 Å². The second kappa shape index (κ2) is 9.31. The quantitative estimate of drug-likeness (QED) is 0.471. The predicted molar refractivity (Wildman–Crippen MR) is 116 cm³/mol. The molecule has 2 N–H and O–H groups in total. The number of sulfonamides is 1. The van der Waals surface area contributed by atoms with Crippen LogP contribution in [0.3, 0.4) is 0 Å². The number of nitrogens with one attached hydrogen (secondary N) is 2. The Labute approximate surface area is 187 Å². The average Bonchev–Trinajstić information content (AvgIpc) is 3.19. The van der Waals surface area contributed by atoms with Crippen molar-refractivity contribution >= 4 is 43.4 Å². The molecule has 0 aliphatic heterocycles. The Bertz CT molecular complexity index is 1160. The molecular formula is C18H19BrN6O5S. The van der Waals surface area contributed by atoms with Crippen LogP contribution in [-0.2, 0) is 14.8 Å². The SMILES string of the molecule is COc1cc(NS(=O)(=O)c2ccc(NC(=O)C(C)n3cc(Br)cn3)cc2)nc(OC)n1. The van der Waals surface area contributed by atoms with E-state index in [4.69, 9.17) is 9.47 Å². The molecule has 1 aromatic carbocycles. The first-order valence-corrected chi connectivity index (χ1v) is 11.1. The maximum Gasteiger partial charge on any atom is 0.321 e. The zero-order chi connectivity index (χ0) is 22.6. The van der Waals surface area contributed by atoms with Gasteiger partial charge in [0.1, 0.15) is 6.04 Å². The largest absolute Gasteiger partial charge is 0.481 e. The minimum atomic E-state index is -3.95. The van der Waals surface area contributed by atoms with Gasteiger partial charge in [-0.1, -0.05) is 0 Å². The maximum atomic E-state index is 12.7. The number of halogens is 1. The third-order valence-corrected chi connectivity index (χ3v) is 5.87. The molecule has 1 atom stereocenters. The van der Waals surface area contributed by atoms with E-state index in [2.05, 4.69) is 41.0 Å². The van der Waals surface area contributed by atoms with Crippen LogP contribution in [-0.4, -0.2) is 48.3 Å². The van der Waals surface area contributed by atoms with E-state index in [9.17, 15) is 13.2 Å². The molecule has 1 amide bonds. The molecule has 1 unspecified atom stereocenters. The highest BCUT2D eigenvalue weighted by Crippen LogP contribution is 2.22. The van der Waals surface area contributed by atoms with Crippen molar-refractivity contribution in [3.63, 3.8) is 0 Å². The third kappa shape index (κ3) is 5.49. The first-order chi connectivity index (χ1) is 14.7. The molecule has 164 valence electrons. The molecule has 3 aromatic rings. The van der Waals surface area contributed by atoms with Crippen LogP contribution in [0, 0.1) is 0 Å². The van der Waals surface area contributed by atoms with Crippen molar-refractivity contribution in [2.45, 2.75) is 17.9 Å². The van der Waals surface area contributed by atoms with E-state index in [1.807, 2.05) is 0 Å². The number of hydrogen-bond acceptors (Lipinski definition) is 8. The van der Waals surface area contributed by atoms with Crippen LogP contribution in [0.4, 0.5) is 11.5 Å². The van der Waals surface area contributed by atoms with Crippen LogP contribution in [0.15, 0.2) is 52.1 Å². The fourth-order valence-electron chi connectivity index (χ4n) is 2.46. The first-order valence-electron chi connectivity index (χ1n) is 8.82. The van der Waals surface area contributed by atoms with Gasteiger partial charge in [-0.2, -0.15) is 15.1 Å². The van der Waals surface area contributed by atoms with Crippen LogP contribution < -0.4 is 19.5 Å². The molecular weight excluding hydrogens is 492 g/mol. The number of amides is 1. The Kier molecular flexibility index (Phi) is 6.75. The van der Waals surface area contributed by atoms with Gasteiger partial charge >= 0.3 is 6.01 Å². The van der Waals surface area contributed by atoms with Gasteiger partial charge in [-0.05, 0) is 47.1 Å². The number of carbonyl (C=O) groups is 1. The van der Waals surface area contributed by atoms with Crippen molar-refractivity contribution in [2.75, 3.05) is 24.3 Å². The van der Waals surface area contributed by atoms with Crippen molar-refractivity contribution in [2.24, 2.45) is 0 Å². The van der Waals surface area contributed by atoms with Crippen molar-refractivity contribution in [3.05, 3.63) is 47.2 Å². The van der Waals surface area contributed by atoms with Gasteiger partial charge in [-0.15, -0.1) is 0 Å². The van der Waals surface area contributed by atoms with Gasteiger partial charge in [0.2, 0.25) is 11.8 Å². The van der Waals surface area contributed by atoms with Crippen LogP contribution >= 0.6 is 15.9 Å². The molecule has 0 aliphatic carbocycles. The summed E-state index contributed by atoms with van der Waals surface area (Å²) in [5.74, 6) is -0.175. The molecule has 3 rings (SSSR count). The van der Waals surface area contributed by atoms with E-state index in [-0.39, 0.29) is 28.5 Å². The molecule has 0 fully saturated rings. The summed E-state index contributed by atoms with van der Waals surface area (Å²) in [7, 11) is -1.21. The Balaban J connectivity index is 1.72. The third-order valence-electron chi connectivity index (χ3n) is 4.09. The summed E-state index contributed by atoms with van der Waals surface area (Å²) in [6, 6.07) is 6.42. The molecule has 2 heterocycles. The van der Waals surface area contributed by atoms with Crippen LogP contribution in [0.1, 0.15) is 13.0 Å². The summed E-state index contributed by atoms with van der Waals surface area (Å²) in [5.41, 5.74) is 0.437. The first kappa shape index (κ1) is 22.5. The lowest BCUT2D eigenvalue weighted by Gasteiger charge is -2.13. The number of aromatic nitrogens is 4. The molecule has 0 spiro atoms. The lowest BCUT2D eigenvalue weighted by atomic mass is 10.2. The zero-order valence-corrected chi connectivity index (χ0v) is 19.1. The van der Waals surface area contributed by atoms with E-state index in [0.29, 0.717) is 5.69 Å². The number of carbonyl (C=O) groups excluding carboxylic acids is 1. The fourth-order valence-corrected chi connectivity index (χ4v) is 3.75. The molecule has 31 heavy (non-hydrogen) atoms. The van der Waals surface area contributed by atoms with Gasteiger partial charge in [0.05, 0.1) is 29.8 Å². The van der Waals surface area contributed by atoms with E-state index in [1.54, 1.807) is 19.3 Å². The number of rotatable bonds is 8. The van der Waals surface area contributed by atoms with Gasteiger partial charge in [0, 0.05) is 18.0 Å². The van der Waals surface area contributed by atoms with Crippen LogP contribution in [0.2, 0.25) is 0 Å². The van der Waals surface area contributed by atoms with Gasteiger partial charge in [-0.25, -0.2) is 8.42 Å². The second-order valence-corrected chi connectivity index (χ2v) is 8.81. The Morgan fingerprint density at radius 3 is 2.45 bits per heavy atom. The number of hydrogen-bond donors (Lipinski definition) is 2. The smallest absolute Gasteiger partial charge is 0.321 e. The molecule has 13 heteroatoms. The van der Waals surface area contributed by atoms with Crippen LogP contribution in [0.5, 0.6) is 11.9 Å². The summed E-state index contributed by atoms with van der Waals surface area (Å²) < 4.78 is 39.9. The Morgan fingerprint density at radius 1 is 1.16 bits per heavy atom. The van der Waals surface area contributed by atoms with E-state index in [1.165, 1.54) is 49.2 Å². The number of nitrogens with zero attached hydrogens (tertiary/aromatic N) is 4. The fraction of sp³-hybridized carbons (Fsp3) is 0.222. The number of benzene rings is 1. The monoisotopic (exact) mass is 510 g/mol. The topological polar surface area (TPSA) is 137 Å². The highest BCUT2D eigenvalue weighted by atomic mass is 79.9. The predicted octanol–water partition coefficient (Wildman–Crippen LogP) is 2.45. The van der Waals surface area contributed by atoms with Crippen molar-refractivity contribution in [1.29, 1.82) is 0 Å². The summed E-state index contributed by atoms with van der Waals surface area (Å²) >= 11 is 3.28. The summed E-state index contributed by atoms with van der Waals surface area (Å²) in [5, 5.41) is 6.81. The molecule has 0 bridgehead atoms. The van der Waals surface area contributed by atoms with Gasteiger partial charge in [0.15, 0.2) is 5.82 Å². The zero-order valence-electron chi connectivity index (χ0n) is 16.7. The van der Waals surface area contributed by atoms with Crippen molar-refractivity contribution in [1.82, 2.24) is 19.7 Å². The van der Waals surface area contributed by atoms with Crippen molar-refractivity contribution in [3.8, 4) is 11.9 Å². The minimum Gasteiger partial charge on any atom is -0.481 e. The second-order valence-electron chi connectivity index (χ2n) is 6.22. The highest BCUT2D eigenvalue weighted by molar-refractivity contribution is 9.10. The van der Waals surface area contributed by atoms with E-state index < -0.39 is 16.1 Å². The standard InChI is InChI=1S/C18H19BrN6O5S/c1-11(25-10-12(19)9-20-25)17(26)21-13-4-6-14(7-5-13)31(27,28)24-15-8-16(29-2)23-18(22-15)30-3/h4-11H,1-3H3,(H,21,26)(H,22,23,24). The lowest BCUT2D eigenvalue weighted by Crippen LogP contribution is -2.24. The molecule has 11 nitrogen and oxygen atoms in total. The molecule has 0 saturated carbocycles. The summed E-state index contributed by atoms with van der Waals surface area (Å²) in [6.45, 7) is 1.70. The molecule has 2 aromatic heterocycles. The molecule has 0 aliphatic rings. The Hall–Kier alpha value is -3.19. The average molecular weight is 511 g/mol. The number of ether oxygens (including phenoxy) is 2. The van der Waals surface area contributed by atoms with Gasteiger partial charge in [0.25, 0.3) is 10.0 Å². The maximum absolute atomic E-state index is 12.7. The summed E-state index contributed by atoms with van der Waals surface area (Å²) in [4.78, 5) is 20.2.